The lowest BCUT2D eigenvalue weighted by Gasteiger charge is -2.21. The molecular weight excluding hydrogens is 416 g/mol. The van der Waals surface area contributed by atoms with Crippen molar-refractivity contribution in [1.82, 2.24) is 9.88 Å². The maximum absolute atomic E-state index is 13.2. The van der Waals surface area contributed by atoms with Crippen LogP contribution in [0.25, 0.3) is 0 Å². The molecular formula is C23H24N2O5S. The third-order valence-electron chi connectivity index (χ3n) is 4.59. The standard InChI is InChI=1S/C23H24N2O5S/c1-28-18-9-17(10-19(12-18)29-2)13-25(14-22(26)30-3)23(27)20-15-31-21(24-20)11-16-7-5-4-6-8-16/h4-10,12,15H,11,13-14H2,1-3H3. The van der Waals surface area contributed by atoms with E-state index in [-0.39, 0.29) is 19.0 Å². The third kappa shape index (κ3) is 6.05. The molecule has 0 aliphatic heterocycles. The van der Waals surface area contributed by atoms with Crippen LogP contribution in [0.2, 0.25) is 0 Å². The molecule has 3 aromatic rings. The van der Waals surface area contributed by atoms with Crippen LogP contribution in [0.15, 0.2) is 53.9 Å². The maximum atomic E-state index is 13.2. The lowest BCUT2D eigenvalue weighted by molar-refractivity contribution is -0.141. The number of aromatic nitrogens is 1. The van der Waals surface area contributed by atoms with Crippen molar-refractivity contribution in [3.63, 3.8) is 0 Å². The number of amides is 1. The van der Waals surface area contributed by atoms with Crippen molar-refractivity contribution in [2.24, 2.45) is 0 Å². The summed E-state index contributed by atoms with van der Waals surface area (Å²) < 4.78 is 15.4. The number of rotatable bonds is 9. The Labute approximate surface area is 185 Å². The number of thiazole rings is 1. The van der Waals surface area contributed by atoms with Crippen LogP contribution in [0.3, 0.4) is 0 Å². The van der Waals surface area contributed by atoms with Crippen molar-refractivity contribution in [1.29, 1.82) is 0 Å². The van der Waals surface area contributed by atoms with Crippen LogP contribution in [0.4, 0.5) is 0 Å². The molecule has 0 radical (unpaired) electrons. The minimum Gasteiger partial charge on any atom is -0.497 e. The van der Waals surface area contributed by atoms with E-state index in [0.29, 0.717) is 23.6 Å². The number of carbonyl (C=O) groups excluding carboxylic acids is 2. The predicted octanol–water partition coefficient (Wildman–Crippen LogP) is 3.57. The summed E-state index contributed by atoms with van der Waals surface area (Å²) in [6, 6.07) is 15.3. The fraction of sp³-hybridized carbons (Fsp3) is 0.261. The number of ether oxygens (including phenoxy) is 3. The highest BCUT2D eigenvalue weighted by molar-refractivity contribution is 7.09. The van der Waals surface area contributed by atoms with E-state index in [4.69, 9.17) is 14.2 Å². The third-order valence-corrected chi connectivity index (χ3v) is 5.44. The molecule has 0 spiro atoms. The number of methoxy groups -OCH3 is 3. The Kier molecular flexibility index (Phi) is 7.61. The van der Waals surface area contributed by atoms with Gasteiger partial charge in [0.05, 0.1) is 26.3 Å². The molecule has 7 nitrogen and oxygen atoms in total. The van der Waals surface area contributed by atoms with Crippen LogP contribution < -0.4 is 9.47 Å². The molecule has 0 N–H and O–H groups in total. The zero-order valence-electron chi connectivity index (χ0n) is 17.7. The summed E-state index contributed by atoms with van der Waals surface area (Å²) in [4.78, 5) is 31.0. The molecule has 1 heterocycles. The highest BCUT2D eigenvalue weighted by Crippen LogP contribution is 2.24. The lowest BCUT2D eigenvalue weighted by Crippen LogP contribution is -2.36. The molecule has 0 unspecified atom stereocenters. The molecule has 2 aromatic carbocycles. The Balaban J connectivity index is 1.82. The lowest BCUT2D eigenvalue weighted by atomic mass is 10.1. The van der Waals surface area contributed by atoms with Crippen molar-refractivity contribution in [2.75, 3.05) is 27.9 Å². The van der Waals surface area contributed by atoms with E-state index in [9.17, 15) is 9.59 Å². The van der Waals surface area contributed by atoms with E-state index >= 15 is 0 Å². The molecule has 0 aliphatic carbocycles. The normalized spacial score (nSPS) is 10.4. The van der Waals surface area contributed by atoms with Crippen LogP contribution in [-0.2, 0) is 22.5 Å². The topological polar surface area (TPSA) is 78.0 Å². The molecule has 1 aromatic heterocycles. The quantitative estimate of drug-likeness (QED) is 0.474. The van der Waals surface area contributed by atoms with Gasteiger partial charge in [0.2, 0.25) is 0 Å². The summed E-state index contributed by atoms with van der Waals surface area (Å²) in [5, 5.41) is 2.55. The van der Waals surface area contributed by atoms with Crippen LogP contribution >= 0.6 is 11.3 Å². The average Bonchev–Trinajstić information content (AvgIpc) is 3.26. The van der Waals surface area contributed by atoms with E-state index in [2.05, 4.69) is 4.98 Å². The molecule has 0 fully saturated rings. The number of carbonyl (C=O) groups is 2. The zero-order valence-corrected chi connectivity index (χ0v) is 18.5. The summed E-state index contributed by atoms with van der Waals surface area (Å²) in [7, 11) is 4.40. The van der Waals surface area contributed by atoms with Gasteiger partial charge >= 0.3 is 5.97 Å². The molecule has 0 saturated heterocycles. The molecule has 31 heavy (non-hydrogen) atoms. The average molecular weight is 441 g/mol. The van der Waals surface area contributed by atoms with E-state index in [1.54, 1.807) is 37.8 Å². The van der Waals surface area contributed by atoms with Crippen molar-refractivity contribution in [3.8, 4) is 11.5 Å². The van der Waals surface area contributed by atoms with Gasteiger partial charge in [0.25, 0.3) is 5.91 Å². The minimum absolute atomic E-state index is 0.174. The molecule has 3 rings (SSSR count). The Morgan fingerprint density at radius 3 is 2.26 bits per heavy atom. The first kappa shape index (κ1) is 22.3. The fourth-order valence-corrected chi connectivity index (χ4v) is 3.82. The van der Waals surface area contributed by atoms with Crippen molar-refractivity contribution in [3.05, 3.63) is 75.7 Å². The highest BCUT2D eigenvalue weighted by atomic mass is 32.1. The molecule has 0 aliphatic rings. The van der Waals surface area contributed by atoms with Crippen LogP contribution in [0.5, 0.6) is 11.5 Å². The molecule has 0 saturated carbocycles. The van der Waals surface area contributed by atoms with Gasteiger partial charge in [-0.1, -0.05) is 30.3 Å². The van der Waals surface area contributed by atoms with Crippen molar-refractivity contribution < 1.29 is 23.8 Å². The smallest absolute Gasteiger partial charge is 0.325 e. The number of esters is 1. The number of benzene rings is 2. The summed E-state index contributed by atoms with van der Waals surface area (Å²) in [6.45, 7) is -0.0204. The number of hydrogen-bond acceptors (Lipinski definition) is 7. The maximum Gasteiger partial charge on any atom is 0.325 e. The molecule has 1 amide bonds. The van der Waals surface area contributed by atoms with E-state index in [1.165, 1.54) is 23.3 Å². The molecule has 8 heteroatoms. The molecule has 162 valence electrons. The van der Waals surface area contributed by atoms with Crippen LogP contribution in [-0.4, -0.2) is 49.6 Å². The second-order valence-electron chi connectivity index (χ2n) is 6.75. The zero-order chi connectivity index (χ0) is 22.2. The Morgan fingerprint density at radius 1 is 0.968 bits per heavy atom. The van der Waals surface area contributed by atoms with Gasteiger partial charge in [-0.3, -0.25) is 9.59 Å². The van der Waals surface area contributed by atoms with E-state index in [1.807, 2.05) is 30.3 Å². The summed E-state index contributed by atoms with van der Waals surface area (Å²) in [6.07, 6.45) is 0.642. The Morgan fingerprint density at radius 2 is 1.65 bits per heavy atom. The molecule has 0 bridgehead atoms. The highest BCUT2D eigenvalue weighted by Gasteiger charge is 2.22. The second-order valence-corrected chi connectivity index (χ2v) is 7.69. The van der Waals surface area contributed by atoms with Gasteiger partial charge in [0, 0.05) is 24.4 Å². The van der Waals surface area contributed by atoms with Crippen LogP contribution in [0, 0.1) is 0 Å². The van der Waals surface area contributed by atoms with E-state index in [0.717, 1.165) is 16.1 Å². The first-order valence-electron chi connectivity index (χ1n) is 9.58. The van der Waals surface area contributed by atoms with Gasteiger partial charge in [-0.05, 0) is 23.3 Å². The summed E-state index contributed by atoms with van der Waals surface area (Å²) >= 11 is 1.42. The van der Waals surface area contributed by atoms with Gasteiger partial charge in [0.1, 0.15) is 23.7 Å². The summed E-state index contributed by atoms with van der Waals surface area (Å²) in [5.41, 5.74) is 2.17. The van der Waals surface area contributed by atoms with Gasteiger partial charge < -0.3 is 19.1 Å². The first-order valence-corrected chi connectivity index (χ1v) is 10.5. The minimum atomic E-state index is -0.511. The van der Waals surface area contributed by atoms with Crippen molar-refractivity contribution >= 4 is 23.2 Å². The SMILES string of the molecule is COC(=O)CN(Cc1cc(OC)cc(OC)c1)C(=O)c1csc(Cc2ccccc2)n1. The van der Waals surface area contributed by atoms with Gasteiger partial charge in [-0.25, -0.2) is 4.98 Å². The first-order chi connectivity index (χ1) is 15.0. The van der Waals surface area contributed by atoms with Crippen molar-refractivity contribution in [2.45, 2.75) is 13.0 Å². The Hall–Kier alpha value is -3.39. The monoisotopic (exact) mass is 440 g/mol. The number of hydrogen-bond donors (Lipinski definition) is 0. The van der Waals surface area contributed by atoms with E-state index < -0.39 is 5.97 Å². The predicted molar refractivity (Wildman–Crippen MR) is 118 cm³/mol. The van der Waals surface area contributed by atoms with Gasteiger partial charge in [-0.2, -0.15) is 0 Å². The Bertz CT molecular complexity index is 1010. The van der Waals surface area contributed by atoms with Gasteiger partial charge in [0.15, 0.2) is 0 Å². The largest absolute Gasteiger partial charge is 0.497 e. The molecule has 0 atom stereocenters. The summed E-state index contributed by atoms with van der Waals surface area (Å²) in [5.74, 6) is 0.336. The van der Waals surface area contributed by atoms with Gasteiger partial charge in [-0.15, -0.1) is 11.3 Å². The second kappa shape index (κ2) is 10.6. The fourth-order valence-electron chi connectivity index (χ4n) is 3.02. The number of nitrogens with zero attached hydrogens (tertiary/aromatic N) is 2. The van der Waals surface area contributed by atoms with Crippen LogP contribution in [0.1, 0.15) is 26.6 Å².